The van der Waals surface area contributed by atoms with E-state index in [9.17, 15) is 32.8 Å². The lowest BCUT2D eigenvalue weighted by Crippen LogP contribution is -2.44. The van der Waals surface area contributed by atoms with Crippen LogP contribution >= 0.6 is 11.8 Å². The standard InChI is InChI=1S/C49H44F2N4O5S/c1-31(2)28-54(29-35-12-6-7-13-39(35)34-10-4-3-5-11-34)38-26-37(27-52-45(56)23-20-32-16-18-33(19-17-32)24-44-47(58)53-49(60)61-44)55(30-38)48(59)41-15-9-8-14-40(41)46(57)42-22-21-36(50)25-43(42)51/h3-25,31,37-38H,26-30H2,1-2H3,(H,52,56)(H,53,58,60)/b23-20+,44-24-/t37-,38+/m0/s1. The summed E-state index contributed by atoms with van der Waals surface area (Å²) in [5, 5.41) is 4.79. The summed E-state index contributed by atoms with van der Waals surface area (Å²) in [6.45, 7) is 6.06. The Morgan fingerprint density at radius 1 is 0.852 bits per heavy atom. The van der Waals surface area contributed by atoms with Crippen LogP contribution in [0.4, 0.5) is 13.6 Å². The van der Waals surface area contributed by atoms with Crippen LogP contribution in [-0.4, -0.2) is 70.3 Å². The number of halogens is 2. The van der Waals surface area contributed by atoms with Crippen LogP contribution in [-0.2, 0) is 16.1 Å². The van der Waals surface area contributed by atoms with E-state index in [1.165, 1.54) is 18.2 Å². The molecule has 5 aromatic carbocycles. The maximum atomic E-state index is 14.9. The van der Waals surface area contributed by atoms with E-state index in [1.54, 1.807) is 53.5 Å². The molecule has 4 amide bonds. The summed E-state index contributed by atoms with van der Waals surface area (Å²) in [5.41, 5.74) is 4.52. The molecule has 9 nitrogen and oxygen atoms in total. The summed E-state index contributed by atoms with van der Waals surface area (Å²) in [4.78, 5) is 69.6. The SMILES string of the molecule is CC(C)CN(Cc1ccccc1-c1ccccc1)[C@@H]1C[C@@H](CNC(=O)/C=C/c2ccc(/C=C3\SC(=O)NC3=O)cc2)N(C(=O)c2ccccc2C(=O)c2ccc(F)cc2F)C1. The van der Waals surface area contributed by atoms with Crippen LogP contribution in [0.5, 0.6) is 0 Å². The molecule has 5 aromatic rings. The highest BCUT2D eigenvalue weighted by molar-refractivity contribution is 8.18. The van der Waals surface area contributed by atoms with Crippen LogP contribution in [0.2, 0.25) is 0 Å². The van der Waals surface area contributed by atoms with E-state index in [2.05, 4.69) is 53.6 Å². The molecule has 0 spiro atoms. The Bertz CT molecular complexity index is 2520. The summed E-state index contributed by atoms with van der Waals surface area (Å²) in [7, 11) is 0. The Kier molecular flexibility index (Phi) is 13.5. The summed E-state index contributed by atoms with van der Waals surface area (Å²) < 4.78 is 28.7. The van der Waals surface area contributed by atoms with Crippen molar-refractivity contribution in [3.8, 4) is 11.1 Å². The number of ketones is 1. The second-order valence-electron chi connectivity index (χ2n) is 15.4. The maximum absolute atomic E-state index is 14.9. The molecule has 2 fully saturated rings. The van der Waals surface area contributed by atoms with E-state index < -0.39 is 40.5 Å². The molecule has 0 radical (unpaired) electrons. The fraction of sp³-hybridized carbons (Fsp3) is 0.204. The number of hydrogen-bond donors (Lipinski definition) is 2. The van der Waals surface area contributed by atoms with Gasteiger partial charge in [-0.25, -0.2) is 8.78 Å². The third kappa shape index (κ3) is 10.5. The second-order valence-corrected chi connectivity index (χ2v) is 16.5. The van der Waals surface area contributed by atoms with Crippen LogP contribution in [0.3, 0.4) is 0 Å². The van der Waals surface area contributed by atoms with Crippen molar-refractivity contribution in [2.75, 3.05) is 19.6 Å². The normalized spacial score (nSPS) is 17.1. The number of carbonyl (C=O) groups excluding carboxylic acids is 5. The maximum Gasteiger partial charge on any atom is 0.290 e. The van der Waals surface area contributed by atoms with E-state index in [0.29, 0.717) is 30.5 Å². The molecular weight excluding hydrogens is 795 g/mol. The first-order valence-electron chi connectivity index (χ1n) is 20.0. The highest BCUT2D eigenvalue weighted by Gasteiger charge is 2.40. The molecular formula is C49H44F2N4O5S. The number of benzene rings is 5. The van der Waals surface area contributed by atoms with Crippen molar-refractivity contribution < 1.29 is 32.8 Å². The van der Waals surface area contributed by atoms with Crippen molar-refractivity contribution in [2.24, 2.45) is 5.92 Å². The largest absolute Gasteiger partial charge is 0.350 e. The van der Waals surface area contributed by atoms with Gasteiger partial charge < -0.3 is 10.2 Å². The summed E-state index contributed by atoms with van der Waals surface area (Å²) in [6.07, 6.45) is 5.20. The first-order valence-corrected chi connectivity index (χ1v) is 20.8. The quantitative estimate of drug-likeness (QED) is 0.0849. The van der Waals surface area contributed by atoms with E-state index in [4.69, 9.17) is 0 Å². The monoisotopic (exact) mass is 838 g/mol. The van der Waals surface area contributed by atoms with Gasteiger partial charge in [0.2, 0.25) is 5.91 Å². The van der Waals surface area contributed by atoms with Gasteiger partial charge in [-0.2, -0.15) is 0 Å². The molecule has 2 heterocycles. The van der Waals surface area contributed by atoms with Gasteiger partial charge in [0.05, 0.1) is 22.1 Å². The molecule has 0 aliphatic carbocycles. The molecule has 12 heteroatoms. The first-order chi connectivity index (χ1) is 29.4. The molecule has 310 valence electrons. The highest BCUT2D eigenvalue weighted by Crippen LogP contribution is 2.31. The lowest BCUT2D eigenvalue weighted by molar-refractivity contribution is -0.117. The van der Waals surface area contributed by atoms with E-state index >= 15 is 0 Å². The Hall–Kier alpha value is -6.50. The Morgan fingerprint density at radius 3 is 2.25 bits per heavy atom. The molecule has 0 unspecified atom stereocenters. The lowest BCUT2D eigenvalue weighted by atomic mass is 9.97. The zero-order chi connectivity index (χ0) is 43.0. The third-order valence-corrected chi connectivity index (χ3v) is 11.4. The minimum absolute atomic E-state index is 0.0102. The molecule has 2 saturated heterocycles. The number of imide groups is 1. The minimum Gasteiger partial charge on any atom is -0.350 e. The molecule has 61 heavy (non-hydrogen) atoms. The number of hydrogen-bond acceptors (Lipinski definition) is 7. The molecule has 2 aliphatic heterocycles. The number of amides is 4. The highest BCUT2D eigenvalue weighted by atomic mass is 32.2. The van der Waals surface area contributed by atoms with Crippen molar-refractivity contribution in [2.45, 2.75) is 38.9 Å². The van der Waals surface area contributed by atoms with Crippen molar-refractivity contribution in [1.82, 2.24) is 20.4 Å². The summed E-state index contributed by atoms with van der Waals surface area (Å²) >= 11 is 0.836. The molecule has 2 aliphatic rings. The summed E-state index contributed by atoms with van der Waals surface area (Å²) in [6, 6.07) is 33.9. The van der Waals surface area contributed by atoms with Gasteiger partial charge in [0, 0.05) is 49.9 Å². The molecule has 0 aromatic heterocycles. The van der Waals surface area contributed by atoms with Gasteiger partial charge in [-0.05, 0) is 82.3 Å². The van der Waals surface area contributed by atoms with Crippen LogP contribution in [0.15, 0.2) is 132 Å². The number of carbonyl (C=O) groups is 5. The van der Waals surface area contributed by atoms with Crippen LogP contribution in [0.25, 0.3) is 23.3 Å². The molecule has 0 bridgehead atoms. The minimum atomic E-state index is -1.02. The van der Waals surface area contributed by atoms with Crippen molar-refractivity contribution >= 4 is 52.7 Å². The molecule has 2 atom stereocenters. The van der Waals surface area contributed by atoms with Gasteiger partial charge >= 0.3 is 0 Å². The Labute approximate surface area is 357 Å². The fourth-order valence-corrected chi connectivity index (χ4v) is 8.44. The van der Waals surface area contributed by atoms with Crippen LogP contribution in [0, 0.1) is 17.6 Å². The van der Waals surface area contributed by atoms with Crippen molar-refractivity contribution in [3.63, 3.8) is 0 Å². The topological polar surface area (TPSA) is 116 Å². The Balaban J connectivity index is 1.13. The van der Waals surface area contributed by atoms with Crippen molar-refractivity contribution in [1.29, 1.82) is 0 Å². The molecule has 2 N–H and O–H groups in total. The van der Waals surface area contributed by atoms with Crippen LogP contribution in [0.1, 0.15) is 63.2 Å². The summed E-state index contributed by atoms with van der Waals surface area (Å²) in [5.74, 6) is -3.55. The number of likely N-dealkylation sites (tertiary alicyclic amines) is 1. The van der Waals surface area contributed by atoms with Gasteiger partial charge in [0.15, 0.2) is 5.78 Å². The zero-order valence-corrected chi connectivity index (χ0v) is 34.5. The van der Waals surface area contributed by atoms with Crippen molar-refractivity contribution in [3.05, 3.63) is 177 Å². The molecule has 0 saturated carbocycles. The van der Waals surface area contributed by atoms with Gasteiger partial charge in [-0.3, -0.25) is 34.2 Å². The van der Waals surface area contributed by atoms with Gasteiger partial charge in [-0.1, -0.05) is 111 Å². The van der Waals surface area contributed by atoms with Gasteiger partial charge in [0.1, 0.15) is 11.6 Å². The van der Waals surface area contributed by atoms with Gasteiger partial charge in [0.25, 0.3) is 17.1 Å². The van der Waals surface area contributed by atoms with E-state index in [-0.39, 0.29) is 41.1 Å². The van der Waals surface area contributed by atoms with Crippen LogP contribution < -0.4 is 10.6 Å². The average Bonchev–Trinajstić information content (AvgIpc) is 3.83. The molecule has 7 rings (SSSR count). The van der Waals surface area contributed by atoms with E-state index in [1.807, 2.05) is 30.3 Å². The third-order valence-electron chi connectivity index (χ3n) is 10.6. The fourth-order valence-electron chi connectivity index (χ4n) is 7.75. The number of rotatable bonds is 14. The smallest absolute Gasteiger partial charge is 0.290 e. The second kappa shape index (κ2) is 19.3. The number of nitrogens with zero attached hydrogens (tertiary/aromatic N) is 2. The number of thioether (sulfide) groups is 1. The first kappa shape index (κ1) is 42.6. The lowest BCUT2D eigenvalue weighted by Gasteiger charge is -2.31. The Morgan fingerprint density at radius 2 is 1.54 bits per heavy atom. The van der Waals surface area contributed by atoms with Gasteiger partial charge in [-0.15, -0.1) is 0 Å². The average molecular weight is 839 g/mol. The zero-order valence-electron chi connectivity index (χ0n) is 33.6. The van der Waals surface area contributed by atoms with E-state index in [0.717, 1.165) is 58.3 Å². The number of nitrogens with one attached hydrogen (secondary N) is 2. The predicted octanol–water partition coefficient (Wildman–Crippen LogP) is 8.76. The predicted molar refractivity (Wildman–Crippen MR) is 234 cm³/mol.